The van der Waals surface area contributed by atoms with Gasteiger partial charge in [-0.2, -0.15) is 4.31 Å². The van der Waals surface area contributed by atoms with Crippen LogP contribution in [0.4, 0.5) is 0 Å². The molecule has 3 aromatic carbocycles. The average molecular weight is 573 g/mol. The maximum atomic E-state index is 13.6. The van der Waals surface area contributed by atoms with Gasteiger partial charge in [0, 0.05) is 31.5 Å². The van der Waals surface area contributed by atoms with E-state index in [0.717, 1.165) is 25.5 Å². The van der Waals surface area contributed by atoms with Crippen molar-refractivity contribution >= 4 is 37.8 Å². The number of amides is 2. The Morgan fingerprint density at radius 2 is 1.53 bits per heavy atom. The summed E-state index contributed by atoms with van der Waals surface area (Å²) < 4.78 is 28.2. The van der Waals surface area contributed by atoms with Crippen molar-refractivity contribution in [3.8, 4) is 0 Å². The molecule has 0 radical (unpaired) electrons. The Hall–Kier alpha value is -3.01. The molecule has 0 bridgehead atoms. The van der Waals surface area contributed by atoms with Crippen LogP contribution in [0.2, 0.25) is 0 Å². The summed E-state index contributed by atoms with van der Waals surface area (Å²) in [5.74, 6) is -0.797. The van der Waals surface area contributed by atoms with Crippen LogP contribution >= 0.6 is 15.9 Å². The summed E-state index contributed by atoms with van der Waals surface area (Å²) in [5, 5.41) is 2.66. The zero-order valence-corrected chi connectivity index (χ0v) is 22.9. The highest BCUT2D eigenvalue weighted by Gasteiger charge is 2.32. The van der Waals surface area contributed by atoms with Gasteiger partial charge in [-0.3, -0.25) is 9.59 Å². The minimum atomic E-state index is -3.89. The SMILES string of the molecule is CNC(=O)[C@H](Cc1ccccc1)N(Cc1ccc(Br)cc1)C(=O)CN(C)S(=O)(=O)c1ccc(C)cc1. The maximum absolute atomic E-state index is 13.6. The van der Waals surface area contributed by atoms with Crippen LogP contribution in [0.3, 0.4) is 0 Å². The van der Waals surface area contributed by atoms with Gasteiger partial charge in [-0.1, -0.05) is 76.1 Å². The number of aryl methyl sites for hydroxylation is 1. The fourth-order valence-corrected chi connectivity index (χ4v) is 5.15. The molecule has 7 nitrogen and oxygen atoms in total. The van der Waals surface area contributed by atoms with Crippen LogP contribution in [0, 0.1) is 6.92 Å². The van der Waals surface area contributed by atoms with Crippen LogP contribution in [0.1, 0.15) is 16.7 Å². The largest absolute Gasteiger partial charge is 0.357 e. The highest BCUT2D eigenvalue weighted by Crippen LogP contribution is 2.19. The van der Waals surface area contributed by atoms with E-state index in [-0.39, 0.29) is 23.8 Å². The molecule has 0 aliphatic carbocycles. The molecule has 0 aliphatic rings. The van der Waals surface area contributed by atoms with Gasteiger partial charge in [0.1, 0.15) is 6.04 Å². The minimum Gasteiger partial charge on any atom is -0.357 e. The lowest BCUT2D eigenvalue weighted by atomic mass is 10.0. The second-order valence-electron chi connectivity index (χ2n) is 8.54. The number of hydrogen-bond donors (Lipinski definition) is 1. The third-order valence-corrected chi connectivity index (χ3v) is 8.22. The number of likely N-dealkylation sites (N-methyl/N-ethyl adjacent to an activating group) is 2. The van der Waals surface area contributed by atoms with Gasteiger partial charge in [0.15, 0.2) is 0 Å². The topological polar surface area (TPSA) is 86.8 Å². The van der Waals surface area contributed by atoms with Crippen molar-refractivity contribution in [2.75, 3.05) is 20.6 Å². The Morgan fingerprint density at radius 3 is 2.11 bits per heavy atom. The summed E-state index contributed by atoms with van der Waals surface area (Å²) in [6.07, 6.45) is 0.289. The lowest BCUT2D eigenvalue weighted by Crippen LogP contribution is -2.52. The first-order valence-electron chi connectivity index (χ1n) is 11.4. The van der Waals surface area contributed by atoms with Crippen LogP contribution in [-0.4, -0.2) is 56.1 Å². The molecule has 3 aromatic rings. The van der Waals surface area contributed by atoms with Crippen LogP contribution in [-0.2, 0) is 32.6 Å². The highest BCUT2D eigenvalue weighted by molar-refractivity contribution is 9.10. The standard InChI is InChI=1S/C27H30BrN3O4S/c1-20-9-15-24(16-10-20)36(34,35)30(3)19-26(32)31(18-22-11-13-23(28)14-12-22)25(27(33)29-2)17-21-7-5-4-6-8-21/h4-16,25H,17-19H2,1-3H3,(H,29,33)/t25-/m0/s1. The molecule has 2 amide bonds. The predicted molar refractivity (Wildman–Crippen MR) is 144 cm³/mol. The number of hydrogen-bond acceptors (Lipinski definition) is 4. The van der Waals surface area contributed by atoms with E-state index in [9.17, 15) is 18.0 Å². The lowest BCUT2D eigenvalue weighted by Gasteiger charge is -2.32. The van der Waals surface area contributed by atoms with Gasteiger partial charge in [-0.25, -0.2) is 8.42 Å². The third-order valence-electron chi connectivity index (χ3n) is 5.87. The minimum absolute atomic E-state index is 0.106. The van der Waals surface area contributed by atoms with Gasteiger partial charge in [0.2, 0.25) is 21.8 Å². The Labute approximate surface area is 221 Å². The first-order chi connectivity index (χ1) is 17.1. The van der Waals surface area contributed by atoms with Crippen molar-refractivity contribution in [3.05, 3.63) is 100 Å². The summed E-state index contributed by atoms with van der Waals surface area (Å²) in [4.78, 5) is 28.2. The smallest absolute Gasteiger partial charge is 0.243 e. The molecular weight excluding hydrogens is 542 g/mol. The molecule has 0 saturated carbocycles. The van der Waals surface area contributed by atoms with Crippen LogP contribution in [0.5, 0.6) is 0 Å². The molecule has 9 heteroatoms. The van der Waals surface area contributed by atoms with Crippen molar-refractivity contribution in [2.24, 2.45) is 0 Å². The fourth-order valence-electron chi connectivity index (χ4n) is 3.76. The molecule has 3 rings (SSSR count). The zero-order valence-electron chi connectivity index (χ0n) is 20.5. The molecule has 0 aromatic heterocycles. The summed E-state index contributed by atoms with van der Waals surface area (Å²) >= 11 is 3.41. The zero-order chi connectivity index (χ0) is 26.3. The number of halogens is 1. The van der Waals surface area contributed by atoms with E-state index in [1.165, 1.54) is 31.1 Å². The Kier molecular flexibility index (Phi) is 9.42. The molecule has 0 spiro atoms. The monoisotopic (exact) mass is 571 g/mol. The van der Waals surface area contributed by atoms with Gasteiger partial charge >= 0.3 is 0 Å². The molecular formula is C27H30BrN3O4S. The van der Waals surface area contributed by atoms with E-state index in [4.69, 9.17) is 0 Å². The predicted octanol–water partition coefficient (Wildman–Crippen LogP) is 3.76. The Bertz CT molecular complexity index is 1280. The van der Waals surface area contributed by atoms with Crippen molar-refractivity contribution < 1.29 is 18.0 Å². The number of sulfonamides is 1. The van der Waals surface area contributed by atoms with Crippen LogP contribution in [0.15, 0.2) is 88.2 Å². The summed E-state index contributed by atoms with van der Waals surface area (Å²) in [6.45, 7) is 1.61. The molecule has 36 heavy (non-hydrogen) atoms. The first kappa shape index (κ1) is 27.6. The van der Waals surface area contributed by atoms with Crippen LogP contribution in [0.25, 0.3) is 0 Å². The van der Waals surface area contributed by atoms with E-state index in [2.05, 4.69) is 21.2 Å². The average Bonchev–Trinajstić information content (AvgIpc) is 2.87. The van der Waals surface area contributed by atoms with Gasteiger partial charge in [-0.05, 0) is 42.3 Å². The molecule has 0 heterocycles. The number of carbonyl (C=O) groups is 2. The van der Waals surface area contributed by atoms with E-state index in [1.54, 1.807) is 12.1 Å². The second kappa shape index (κ2) is 12.3. The van der Waals surface area contributed by atoms with Crippen LogP contribution < -0.4 is 5.32 Å². The molecule has 0 aliphatic heterocycles. The maximum Gasteiger partial charge on any atom is 0.243 e. The molecule has 0 unspecified atom stereocenters. The van der Waals surface area contributed by atoms with Gasteiger partial charge in [0.05, 0.1) is 11.4 Å². The number of carbonyl (C=O) groups excluding carboxylic acids is 2. The summed E-state index contributed by atoms with van der Waals surface area (Å²) in [5.41, 5.74) is 2.64. The normalized spacial score (nSPS) is 12.2. The first-order valence-corrected chi connectivity index (χ1v) is 13.7. The fraction of sp³-hybridized carbons (Fsp3) is 0.259. The molecule has 1 N–H and O–H groups in total. The number of rotatable bonds is 10. The second-order valence-corrected chi connectivity index (χ2v) is 11.5. The van der Waals surface area contributed by atoms with E-state index < -0.39 is 28.5 Å². The molecule has 0 saturated heterocycles. The number of nitrogens with one attached hydrogen (secondary N) is 1. The van der Waals surface area contributed by atoms with Crippen molar-refractivity contribution in [3.63, 3.8) is 0 Å². The van der Waals surface area contributed by atoms with Crippen molar-refractivity contribution in [1.82, 2.24) is 14.5 Å². The summed E-state index contributed by atoms with van der Waals surface area (Å²) in [6, 6.07) is 22.5. The van der Waals surface area contributed by atoms with Gasteiger partial charge in [-0.15, -0.1) is 0 Å². The third kappa shape index (κ3) is 7.02. The molecule has 0 fully saturated rings. The number of nitrogens with zero attached hydrogens (tertiary/aromatic N) is 2. The van der Waals surface area contributed by atoms with E-state index in [0.29, 0.717) is 0 Å². The molecule has 1 atom stereocenters. The Balaban J connectivity index is 1.93. The lowest BCUT2D eigenvalue weighted by molar-refractivity contribution is -0.141. The van der Waals surface area contributed by atoms with E-state index in [1.807, 2.05) is 61.5 Å². The summed E-state index contributed by atoms with van der Waals surface area (Å²) in [7, 11) is -0.998. The van der Waals surface area contributed by atoms with E-state index >= 15 is 0 Å². The highest BCUT2D eigenvalue weighted by atomic mass is 79.9. The number of benzene rings is 3. The van der Waals surface area contributed by atoms with Gasteiger partial charge < -0.3 is 10.2 Å². The van der Waals surface area contributed by atoms with Gasteiger partial charge in [0.25, 0.3) is 0 Å². The quantitative estimate of drug-likeness (QED) is 0.401. The molecule has 190 valence electrons. The van der Waals surface area contributed by atoms with Crippen molar-refractivity contribution in [2.45, 2.75) is 30.8 Å². The Morgan fingerprint density at radius 1 is 0.917 bits per heavy atom. The van der Waals surface area contributed by atoms with Crippen molar-refractivity contribution in [1.29, 1.82) is 0 Å².